The second-order valence-corrected chi connectivity index (χ2v) is 1.81. The van der Waals surface area contributed by atoms with E-state index < -0.39 is 0 Å². The molecule has 0 aromatic carbocycles. The minimum atomic E-state index is 0.777. The molecule has 0 aliphatic heterocycles. The van der Waals surface area contributed by atoms with Crippen LogP contribution >= 0.6 is 0 Å². The Bertz CT molecular complexity index is 130. The van der Waals surface area contributed by atoms with E-state index in [-0.39, 0.29) is 0 Å². The molecular weight excluding hydrogens is 98.1 g/mol. The molecule has 1 nitrogen and oxygen atoms in total. The minimum Gasteiger partial charge on any atom is -0.359 e. The van der Waals surface area contributed by atoms with Crippen molar-refractivity contribution in [3.8, 4) is 12.0 Å². The minimum absolute atomic E-state index is 0.777. The van der Waals surface area contributed by atoms with Crippen LogP contribution in [0, 0.1) is 12.0 Å². The first-order valence-electron chi connectivity index (χ1n) is 2.59. The van der Waals surface area contributed by atoms with E-state index in [0.29, 0.717) is 0 Å². The van der Waals surface area contributed by atoms with Gasteiger partial charge in [0.15, 0.2) is 0 Å². The van der Waals surface area contributed by atoms with Gasteiger partial charge in [-0.25, -0.2) is 0 Å². The van der Waals surface area contributed by atoms with E-state index in [0.717, 1.165) is 6.42 Å². The molecule has 0 rings (SSSR count). The Hall–Kier alpha value is -0.900. The largest absolute Gasteiger partial charge is 0.359 e. The Morgan fingerprint density at radius 1 is 1.62 bits per heavy atom. The summed E-state index contributed by atoms with van der Waals surface area (Å²) in [6, 6.07) is 2.33. The average Bonchev–Trinajstić information content (AvgIpc) is 1.66. The highest BCUT2D eigenvalue weighted by Crippen LogP contribution is 1.89. The van der Waals surface area contributed by atoms with Gasteiger partial charge in [-0.05, 0) is 13.8 Å². The molecule has 0 atom stereocenters. The Morgan fingerprint density at radius 2 is 2.25 bits per heavy atom. The molecular formula is C7H11N. The molecule has 0 radical (unpaired) electrons. The lowest BCUT2D eigenvalue weighted by molar-refractivity contribution is 1.30. The zero-order valence-corrected chi connectivity index (χ0v) is 5.36. The van der Waals surface area contributed by atoms with Gasteiger partial charge in [0.2, 0.25) is 0 Å². The highest BCUT2D eigenvalue weighted by Gasteiger charge is 1.71. The molecule has 0 aliphatic rings. The predicted molar refractivity (Wildman–Crippen MR) is 36.0 cm³/mol. The summed E-state index contributed by atoms with van der Waals surface area (Å²) >= 11 is 0. The van der Waals surface area contributed by atoms with Crippen molar-refractivity contribution in [2.24, 2.45) is 5.73 Å². The third kappa shape index (κ3) is 5.10. The number of hydrogen-bond donors (Lipinski definition) is 1. The van der Waals surface area contributed by atoms with Gasteiger partial charge >= 0.3 is 0 Å². The van der Waals surface area contributed by atoms with Crippen LogP contribution in [0.2, 0.25) is 0 Å². The van der Waals surface area contributed by atoms with Crippen LogP contribution in [0.3, 0.4) is 0 Å². The Kier molecular flexibility index (Phi) is 3.78. The number of hydrogen-bond acceptors (Lipinski definition) is 1. The standard InChI is InChI=1S/C7H11N/c1-7(2)5-3-4-6-8/h5H,3,8H2,1-2H3. The fourth-order valence-electron chi connectivity index (χ4n) is 0.314. The Morgan fingerprint density at radius 3 is 2.62 bits per heavy atom. The summed E-state index contributed by atoms with van der Waals surface area (Å²) in [5.41, 5.74) is 6.21. The van der Waals surface area contributed by atoms with Crippen LogP contribution in [-0.4, -0.2) is 0 Å². The van der Waals surface area contributed by atoms with E-state index in [1.54, 1.807) is 0 Å². The summed E-state index contributed by atoms with van der Waals surface area (Å²) in [6.07, 6.45) is 2.82. The summed E-state index contributed by atoms with van der Waals surface area (Å²) in [6.45, 7) is 4.08. The van der Waals surface area contributed by atoms with Crippen LogP contribution in [0.15, 0.2) is 11.6 Å². The summed E-state index contributed by atoms with van der Waals surface area (Å²) in [5.74, 6) is 2.73. The maximum Gasteiger partial charge on any atom is 0.0290 e. The number of nitrogens with two attached hydrogens (primary N) is 1. The van der Waals surface area contributed by atoms with Gasteiger partial charge in [-0.3, -0.25) is 0 Å². The van der Waals surface area contributed by atoms with Crippen LogP contribution in [-0.2, 0) is 0 Å². The van der Waals surface area contributed by atoms with Crippen molar-refractivity contribution in [3.63, 3.8) is 0 Å². The van der Waals surface area contributed by atoms with E-state index in [4.69, 9.17) is 5.73 Å². The molecule has 0 saturated carbocycles. The molecule has 1 heteroatoms. The molecule has 0 aromatic rings. The molecule has 0 aromatic heterocycles. The Balaban J connectivity index is 3.40. The summed E-state index contributed by atoms with van der Waals surface area (Å²) in [5, 5.41) is 0. The molecule has 0 aliphatic carbocycles. The second kappa shape index (κ2) is 4.26. The van der Waals surface area contributed by atoms with Gasteiger partial charge in [-0.2, -0.15) is 0 Å². The van der Waals surface area contributed by atoms with Crippen molar-refractivity contribution < 1.29 is 0 Å². The summed E-state index contributed by atoms with van der Waals surface area (Å²) in [7, 11) is 0. The SMILES string of the molecule is CC(C)=CCC#CN. The quantitative estimate of drug-likeness (QED) is 0.306. The molecule has 0 spiro atoms. The maximum absolute atomic E-state index is 4.92. The number of rotatable bonds is 1. The highest BCUT2D eigenvalue weighted by molar-refractivity contribution is 5.04. The second-order valence-electron chi connectivity index (χ2n) is 1.81. The third-order valence-electron chi connectivity index (χ3n) is 0.714. The van der Waals surface area contributed by atoms with Crippen LogP contribution in [0.5, 0.6) is 0 Å². The zero-order valence-electron chi connectivity index (χ0n) is 5.36. The van der Waals surface area contributed by atoms with Crippen LogP contribution in [0.1, 0.15) is 20.3 Å². The first-order valence-corrected chi connectivity index (χ1v) is 2.59. The highest BCUT2D eigenvalue weighted by atomic mass is 14.4. The molecule has 0 amide bonds. The van der Waals surface area contributed by atoms with Crippen molar-refractivity contribution in [1.82, 2.24) is 0 Å². The van der Waals surface area contributed by atoms with Crippen LogP contribution < -0.4 is 5.73 Å². The lowest BCUT2D eigenvalue weighted by Crippen LogP contribution is -1.75. The van der Waals surface area contributed by atoms with Crippen LogP contribution in [0.4, 0.5) is 0 Å². The van der Waals surface area contributed by atoms with E-state index in [9.17, 15) is 0 Å². The van der Waals surface area contributed by atoms with E-state index in [2.05, 4.69) is 12.0 Å². The van der Waals surface area contributed by atoms with Gasteiger partial charge < -0.3 is 5.73 Å². The molecule has 44 valence electrons. The molecule has 2 N–H and O–H groups in total. The lowest BCUT2D eigenvalue weighted by Gasteiger charge is -1.80. The molecule has 0 saturated heterocycles. The monoisotopic (exact) mass is 109 g/mol. The predicted octanol–water partition coefficient (Wildman–Crippen LogP) is 1.26. The number of allylic oxidation sites excluding steroid dienone is 2. The van der Waals surface area contributed by atoms with Crippen molar-refractivity contribution in [1.29, 1.82) is 0 Å². The van der Waals surface area contributed by atoms with Gasteiger partial charge in [0.05, 0.1) is 0 Å². The summed E-state index contributed by atoms with van der Waals surface area (Å²) < 4.78 is 0. The normalized spacial score (nSPS) is 6.75. The lowest BCUT2D eigenvalue weighted by atomic mass is 10.3. The van der Waals surface area contributed by atoms with Gasteiger partial charge in [0.1, 0.15) is 0 Å². The van der Waals surface area contributed by atoms with Crippen molar-refractivity contribution in [2.45, 2.75) is 20.3 Å². The molecule has 0 bridgehead atoms. The summed E-state index contributed by atoms with van der Waals surface area (Å²) in [4.78, 5) is 0. The smallest absolute Gasteiger partial charge is 0.0290 e. The zero-order chi connectivity index (χ0) is 6.41. The molecule has 0 heterocycles. The van der Waals surface area contributed by atoms with Crippen molar-refractivity contribution in [3.05, 3.63) is 11.6 Å². The van der Waals surface area contributed by atoms with Crippen LogP contribution in [0.25, 0.3) is 0 Å². The van der Waals surface area contributed by atoms with Crippen molar-refractivity contribution in [2.75, 3.05) is 0 Å². The average molecular weight is 109 g/mol. The first-order chi connectivity index (χ1) is 3.77. The first kappa shape index (κ1) is 7.10. The molecule has 0 fully saturated rings. The Labute approximate surface area is 50.6 Å². The maximum atomic E-state index is 4.92. The van der Waals surface area contributed by atoms with E-state index >= 15 is 0 Å². The third-order valence-corrected chi connectivity index (χ3v) is 0.714. The van der Waals surface area contributed by atoms with Gasteiger partial charge in [-0.1, -0.05) is 17.6 Å². The van der Waals surface area contributed by atoms with Gasteiger partial charge in [0.25, 0.3) is 0 Å². The van der Waals surface area contributed by atoms with Gasteiger partial charge in [-0.15, -0.1) is 0 Å². The van der Waals surface area contributed by atoms with Crippen molar-refractivity contribution >= 4 is 0 Å². The topological polar surface area (TPSA) is 26.0 Å². The fourth-order valence-corrected chi connectivity index (χ4v) is 0.314. The van der Waals surface area contributed by atoms with Gasteiger partial charge in [0, 0.05) is 12.5 Å². The molecule has 8 heavy (non-hydrogen) atoms. The van der Waals surface area contributed by atoms with E-state index in [1.807, 2.05) is 19.9 Å². The fraction of sp³-hybridized carbons (Fsp3) is 0.429. The molecule has 0 unspecified atom stereocenters. The van der Waals surface area contributed by atoms with E-state index in [1.165, 1.54) is 5.57 Å².